The molecule has 0 aromatic heterocycles. The Morgan fingerprint density at radius 1 is 0.900 bits per heavy atom. The van der Waals surface area contributed by atoms with E-state index < -0.39 is 63.4 Å². The number of aliphatic hydroxyl groups excluding tert-OH is 2. The lowest BCUT2D eigenvalue weighted by Crippen LogP contribution is -2.71. The van der Waals surface area contributed by atoms with Crippen molar-refractivity contribution < 1.29 is 29.0 Å². The largest absolute Gasteiger partial charge is 0.413 e. The summed E-state index contributed by atoms with van der Waals surface area (Å²) in [6.45, 7) is 24.9. The highest BCUT2D eigenvalue weighted by atomic mass is 28.4. The molecule has 0 heterocycles. The second-order valence-electron chi connectivity index (χ2n) is 13.7. The highest BCUT2D eigenvalue weighted by Gasteiger charge is 2.68. The first kappa shape index (κ1) is 33.9. The third kappa shape index (κ3) is 4.91. The Labute approximate surface area is 245 Å². The Hall–Kier alpha value is -0.616. The normalized spacial score (nSPS) is 36.8. The van der Waals surface area contributed by atoms with Gasteiger partial charge in [-0.05, 0) is 74.1 Å². The van der Waals surface area contributed by atoms with E-state index in [1.807, 2.05) is 27.7 Å². The molecule has 0 aromatic rings. The molecule has 8 heteroatoms. The zero-order chi connectivity index (χ0) is 30.5. The van der Waals surface area contributed by atoms with Crippen LogP contribution in [0, 0.1) is 16.7 Å². The van der Waals surface area contributed by atoms with Crippen molar-refractivity contribution in [2.75, 3.05) is 0 Å². The van der Waals surface area contributed by atoms with Gasteiger partial charge in [0.15, 0.2) is 22.4 Å². The van der Waals surface area contributed by atoms with E-state index in [1.165, 1.54) is 0 Å². The fourth-order valence-electron chi connectivity index (χ4n) is 8.51. The van der Waals surface area contributed by atoms with Crippen molar-refractivity contribution in [1.29, 1.82) is 0 Å². The number of Topliss-reactive ketones (excluding diaryl/α,β-unsaturated/α-hetero) is 1. The van der Waals surface area contributed by atoms with Gasteiger partial charge in [0.1, 0.15) is 11.7 Å². The van der Waals surface area contributed by atoms with Crippen LogP contribution < -0.4 is 0 Å². The quantitative estimate of drug-likeness (QED) is 0.197. The molecule has 0 saturated heterocycles. The first-order chi connectivity index (χ1) is 18.5. The minimum Gasteiger partial charge on any atom is -0.413 e. The molecule has 0 unspecified atom stereocenters. The standard InChI is InChI=1S/C32H58O6Si2/c1-12-39(13-2,14-3)37-23-20-32(36)28(34)25-21(7)18-19-24(38-40(15-4,16-5)17-6)31(25,11)29(35)27(33)26(22(23)8)30(32,9)10/h23-25,27-28,33-34,36H,7,12-20H2,1-6,8-11H3/t23-,24-,25-,27+,28-,31+,32+/m0/s1. The highest BCUT2D eigenvalue weighted by Crippen LogP contribution is 2.60. The minimum absolute atomic E-state index is 0.217. The zero-order valence-corrected chi connectivity index (χ0v) is 29.0. The minimum atomic E-state index is -2.13. The number of carbonyl (C=O) groups excluding carboxylic acids is 1. The lowest BCUT2D eigenvalue weighted by molar-refractivity contribution is -0.209. The van der Waals surface area contributed by atoms with E-state index in [0.717, 1.165) is 47.4 Å². The summed E-state index contributed by atoms with van der Waals surface area (Å²) in [7, 11) is -4.23. The molecule has 6 nitrogen and oxygen atoms in total. The van der Waals surface area contributed by atoms with Crippen LogP contribution >= 0.6 is 0 Å². The molecule has 230 valence electrons. The van der Waals surface area contributed by atoms with Crippen LogP contribution in [0.25, 0.3) is 0 Å². The van der Waals surface area contributed by atoms with Crippen LogP contribution in [-0.4, -0.2) is 67.8 Å². The van der Waals surface area contributed by atoms with Crippen LogP contribution in [0.2, 0.25) is 36.3 Å². The number of fused-ring (bicyclic) bond motifs is 3. The molecular weight excluding hydrogens is 537 g/mol. The summed E-state index contributed by atoms with van der Waals surface area (Å²) in [5, 5.41) is 37.1. The lowest BCUT2D eigenvalue weighted by atomic mass is 9.48. The highest BCUT2D eigenvalue weighted by molar-refractivity contribution is 6.74. The Morgan fingerprint density at radius 3 is 1.85 bits per heavy atom. The molecule has 0 aliphatic heterocycles. The van der Waals surface area contributed by atoms with E-state index in [2.05, 4.69) is 48.1 Å². The second kappa shape index (κ2) is 11.8. The first-order valence-corrected chi connectivity index (χ1v) is 21.0. The van der Waals surface area contributed by atoms with Gasteiger partial charge in [-0.1, -0.05) is 67.5 Å². The van der Waals surface area contributed by atoms with Gasteiger partial charge < -0.3 is 24.2 Å². The molecule has 0 spiro atoms. The molecule has 40 heavy (non-hydrogen) atoms. The number of ketones is 1. The molecular formula is C32H58O6Si2. The molecule has 0 aromatic carbocycles. The van der Waals surface area contributed by atoms with Crippen LogP contribution in [0.1, 0.15) is 88.5 Å². The summed E-state index contributed by atoms with van der Waals surface area (Å²) in [6, 6.07) is 5.65. The summed E-state index contributed by atoms with van der Waals surface area (Å²) < 4.78 is 13.9. The average Bonchev–Trinajstić information content (AvgIpc) is 2.93. The third-order valence-corrected chi connectivity index (χ3v) is 21.5. The van der Waals surface area contributed by atoms with E-state index in [1.54, 1.807) is 0 Å². The van der Waals surface area contributed by atoms with Gasteiger partial charge in [-0.15, -0.1) is 0 Å². The Bertz CT molecular complexity index is 983. The average molecular weight is 595 g/mol. The lowest BCUT2D eigenvalue weighted by Gasteiger charge is -2.61. The fraction of sp³-hybridized carbons (Fsp3) is 0.844. The van der Waals surface area contributed by atoms with E-state index >= 15 is 0 Å². The van der Waals surface area contributed by atoms with Crippen molar-refractivity contribution in [2.24, 2.45) is 16.7 Å². The van der Waals surface area contributed by atoms with Gasteiger partial charge in [0.25, 0.3) is 0 Å². The predicted octanol–water partition coefficient (Wildman–Crippen LogP) is 6.52. The molecule has 3 rings (SSSR count). The van der Waals surface area contributed by atoms with E-state index in [0.29, 0.717) is 18.4 Å². The van der Waals surface area contributed by atoms with Crippen molar-refractivity contribution >= 4 is 22.4 Å². The van der Waals surface area contributed by atoms with Gasteiger partial charge in [0.2, 0.25) is 0 Å². The number of rotatable bonds is 10. The maximum atomic E-state index is 14.7. The number of aliphatic hydroxyl groups is 3. The maximum absolute atomic E-state index is 14.7. The van der Waals surface area contributed by atoms with Crippen molar-refractivity contribution in [1.82, 2.24) is 0 Å². The third-order valence-electron chi connectivity index (χ3n) is 12.2. The molecule has 2 bridgehead atoms. The van der Waals surface area contributed by atoms with E-state index in [-0.39, 0.29) is 12.2 Å². The van der Waals surface area contributed by atoms with E-state index in [4.69, 9.17) is 8.85 Å². The summed E-state index contributed by atoms with van der Waals surface area (Å²) in [4.78, 5) is 14.7. The predicted molar refractivity (Wildman–Crippen MR) is 167 cm³/mol. The molecule has 3 N–H and O–H groups in total. The van der Waals surface area contributed by atoms with Crippen molar-refractivity contribution in [2.45, 2.75) is 155 Å². The van der Waals surface area contributed by atoms with Gasteiger partial charge in [-0.2, -0.15) is 0 Å². The molecule has 0 radical (unpaired) electrons. The number of hydrogen-bond acceptors (Lipinski definition) is 6. The van der Waals surface area contributed by atoms with Crippen LogP contribution in [0.15, 0.2) is 23.3 Å². The molecule has 7 atom stereocenters. The van der Waals surface area contributed by atoms with Gasteiger partial charge in [0, 0.05) is 17.8 Å². The Kier molecular flexibility index (Phi) is 10.0. The van der Waals surface area contributed by atoms with Crippen molar-refractivity contribution in [3.05, 3.63) is 23.3 Å². The summed E-state index contributed by atoms with van der Waals surface area (Å²) in [6.07, 6.45) is -2.16. The SMILES string of the molecule is C=C1CC[C@H](O[Si](CC)(CC)CC)[C@@]2(C)C(=O)[C@H](O)C3=C(C)[C@@H](O[Si](CC)(CC)CC)C[C@@](O)([C@@H](O)[C@H]12)C3(C)C. The molecule has 0 amide bonds. The monoisotopic (exact) mass is 594 g/mol. The first-order valence-electron chi connectivity index (χ1n) is 15.9. The maximum Gasteiger partial charge on any atom is 0.192 e. The summed E-state index contributed by atoms with van der Waals surface area (Å²) >= 11 is 0. The van der Waals surface area contributed by atoms with Gasteiger partial charge in [-0.25, -0.2) is 0 Å². The van der Waals surface area contributed by atoms with Gasteiger partial charge in [0.05, 0.1) is 23.7 Å². The van der Waals surface area contributed by atoms with Gasteiger partial charge in [-0.3, -0.25) is 4.79 Å². The zero-order valence-electron chi connectivity index (χ0n) is 27.0. The van der Waals surface area contributed by atoms with Crippen LogP contribution in [-0.2, 0) is 13.6 Å². The number of hydrogen-bond donors (Lipinski definition) is 3. The Morgan fingerprint density at radius 2 is 1.38 bits per heavy atom. The van der Waals surface area contributed by atoms with Gasteiger partial charge >= 0.3 is 0 Å². The summed E-state index contributed by atoms with van der Waals surface area (Å²) in [5.74, 6) is -1.07. The van der Waals surface area contributed by atoms with Crippen molar-refractivity contribution in [3.8, 4) is 0 Å². The van der Waals surface area contributed by atoms with Crippen LogP contribution in [0.4, 0.5) is 0 Å². The molecule has 3 aliphatic carbocycles. The fourth-order valence-corrected chi connectivity index (χ4v) is 14.3. The topological polar surface area (TPSA) is 96.2 Å². The molecule has 2 fully saturated rings. The van der Waals surface area contributed by atoms with E-state index in [9.17, 15) is 20.1 Å². The molecule has 2 saturated carbocycles. The van der Waals surface area contributed by atoms with Crippen LogP contribution in [0.3, 0.4) is 0 Å². The van der Waals surface area contributed by atoms with Crippen LogP contribution in [0.5, 0.6) is 0 Å². The Balaban J connectivity index is 2.26. The smallest absolute Gasteiger partial charge is 0.192 e. The molecule has 3 aliphatic rings. The number of carbonyl (C=O) groups is 1. The van der Waals surface area contributed by atoms with Crippen molar-refractivity contribution in [3.63, 3.8) is 0 Å². The summed E-state index contributed by atoms with van der Waals surface area (Å²) in [5.41, 5.74) is -1.82. The second-order valence-corrected chi connectivity index (χ2v) is 23.2.